The number of aliphatic carboxylic acids is 1. The summed E-state index contributed by atoms with van der Waals surface area (Å²) in [6.45, 7) is 2.73. The van der Waals surface area contributed by atoms with Crippen molar-refractivity contribution in [3.05, 3.63) is 35.1 Å². The first kappa shape index (κ1) is 15.1. The van der Waals surface area contributed by atoms with Gasteiger partial charge in [0.05, 0.1) is 17.6 Å². The van der Waals surface area contributed by atoms with Gasteiger partial charge in [0.1, 0.15) is 5.82 Å². The van der Waals surface area contributed by atoms with Crippen LogP contribution in [0.15, 0.2) is 18.2 Å². The van der Waals surface area contributed by atoms with Gasteiger partial charge >= 0.3 is 5.97 Å². The molecule has 104 valence electrons. The Balaban J connectivity index is 2.70. The number of benzene rings is 1. The highest BCUT2D eigenvalue weighted by Crippen LogP contribution is 2.11. The first-order valence-electron chi connectivity index (χ1n) is 5.70. The van der Waals surface area contributed by atoms with Crippen LogP contribution < -0.4 is 5.32 Å². The highest BCUT2D eigenvalue weighted by atomic mass is 19.1. The van der Waals surface area contributed by atoms with Gasteiger partial charge in [-0.25, -0.2) is 4.39 Å². The molecule has 0 spiro atoms. The molecule has 0 bridgehead atoms. The van der Waals surface area contributed by atoms with E-state index in [1.807, 2.05) is 0 Å². The molecule has 1 atom stereocenters. The van der Waals surface area contributed by atoms with Crippen LogP contribution in [-0.4, -0.2) is 34.2 Å². The predicted octanol–water partition coefficient (Wildman–Crippen LogP) is 1.09. The van der Waals surface area contributed by atoms with Gasteiger partial charge in [-0.2, -0.15) is 0 Å². The lowest BCUT2D eigenvalue weighted by molar-refractivity contribution is -0.141. The average molecular weight is 269 g/mol. The first-order chi connectivity index (χ1) is 8.71. The van der Waals surface area contributed by atoms with Gasteiger partial charge < -0.3 is 15.5 Å². The first-order valence-corrected chi connectivity index (χ1v) is 5.70. The van der Waals surface area contributed by atoms with Crippen LogP contribution in [0.25, 0.3) is 0 Å². The topological polar surface area (TPSA) is 86.6 Å². The number of carboxylic acid groups (broad SMARTS) is 1. The van der Waals surface area contributed by atoms with Crippen molar-refractivity contribution in [1.29, 1.82) is 0 Å². The smallest absolute Gasteiger partial charge is 0.306 e. The van der Waals surface area contributed by atoms with E-state index in [0.717, 1.165) is 5.56 Å². The summed E-state index contributed by atoms with van der Waals surface area (Å²) in [5.74, 6) is -2.53. The molecule has 0 saturated carbocycles. The number of carbonyl (C=O) groups is 2. The van der Waals surface area contributed by atoms with E-state index in [9.17, 15) is 19.1 Å². The lowest BCUT2D eigenvalue weighted by Crippen LogP contribution is -2.42. The van der Waals surface area contributed by atoms with Crippen molar-refractivity contribution in [2.24, 2.45) is 0 Å². The summed E-state index contributed by atoms with van der Waals surface area (Å²) in [6, 6.07) is 4.10. The Hall–Kier alpha value is -1.95. The van der Waals surface area contributed by atoms with Crippen molar-refractivity contribution in [3.63, 3.8) is 0 Å². The zero-order valence-corrected chi connectivity index (χ0v) is 10.7. The molecule has 1 aromatic carbocycles. The summed E-state index contributed by atoms with van der Waals surface area (Å²) in [5, 5.41) is 20.6. The highest BCUT2D eigenvalue weighted by Gasteiger charge is 2.25. The number of aryl methyl sites for hydroxylation is 1. The molecule has 0 heterocycles. The molecule has 3 N–H and O–H groups in total. The average Bonchev–Trinajstić information content (AvgIpc) is 2.27. The number of rotatable bonds is 5. The van der Waals surface area contributed by atoms with Crippen molar-refractivity contribution in [2.45, 2.75) is 25.9 Å². The van der Waals surface area contributed by atoms with Gasteiger partial charge in [0.15, 0.2) is 0 Å². The minimum atomic E-state index is -1.58. The molecule has 0 fully saturated rings. The van der Waals surface area contributed by atoms with E-state index in [1.54, 1.807) is 6.92 Å². The van der Waals surface area contributed by atoms with Gasteiger partial charge in [-0.1, -0.05) is 11.6 Å². The quantitative estimate of drug-likeness (QED) is 0.746. The summed E-state index contributed by atoms with van der Waals surface area (Å²) >= 11 is 0. The summed E-state index contributed by atoms with van der Waals surface area (Å²) in [4.78, 5) is 22.2. The fourth-order valence-corrected chi connectivity index (χ4v) is 1.57. The van der Waals surface area contributed by atoms with Crippen LogP contribution in [0.3, 0.4) is 0 Å². The summed E-state index contributed by atoms with van der Waals surface area (Å²) in [6.07, 6.45) is -0.510. The minimum absolute atomic E-state index is 0.133. The van der Waals surface area contributed by atoms with Crippen molar-refractivity contribution in [3.8, 4) is 0 Å². The Morgan fingerprint density at radius 3 is 2.63 bits per heavy atom. The molecule has 5 nitrogen and oxygen atoms in total. The highest BCUT2D eigenvalue weighted by molar-refractivity contribution is 5.94. The predicted molar refractivity (Wildman–Crippen MR) is 66.3 cm³/mol. The molecule has 0 aliphatic carbocycles. The van der Waals surface area contributed by atoms with Gasteiger partial charge in [-0.05, 0) is 26.0 Å². The number of nitrogens with one attached hydrogen (secondary N) is 1. The Morgan fingerprint density at radius 2 is 2.05 bits per heavy atom. The van der Waals surface area contributed by atoms with E-state index in [1.165, 1.54) is 25.1 Å². The number of halogens is 1. The third kappa shape index (κ3) is 4.67. The van der Waals surface area contributed by atoms with Gasteiger partial charge in [-0.15, -0.1) is 0 Å². The lowest BCUT2D eigenvalue weighted by Gasteiger charge is -2.21. The monoisotopic (exact) mass is 269 g/mol. The zero-order chi connectivity index (χ0) is 14.6. The number of aliphatic hydroxyl groups is 1. The fraction of sp³-hybridized carbons (Fsp3) is 0.385. The summed E-state index contributed by atoms with van der Waals surface area (Å²) in [7, 11) is 0. The van der Waals surface area contributed by atoms with E-state index in [2.05, 4.69) is 5.32 Å². The van der Waals surface area contributed by atoms with Crippen LogP contribution in [0.1, 0.15) is 29.3 Å². The second-order valence-corrected chi connectivity index (χ2v) is 4.73. The fourth-order valence-electron chi connectivity index (χ4n) is 1.57. The van der Waals surface area contributed by atoms with Crippen LogP contribution in [0.4, 0.5) is 4.39 Å². The maximum atomic E-state index is 13.4. The number of amides is 1. The van der Waals surface area contributed by atoms with Gasteiger partial charge in [-0.3, -0.25) is 9.59 Å². The number of hydrogen-bond acceptors (Lipinski definition) is 3. The van der Waals surface area contributed by atoms with E-state index >= 15 is 0 Å². The molecular formula is C13H16FNO4. The van der Waals surface area contributed by atoms with Gasteiger partial charge in [0.2, 0.25) is 0 Å². The molecule has 0 aliphatic heterocycles. The van der Waals surface area contributed by atoms with Crippen LogP contribution in [0, 0.1) is 12.7 Å². The SMILES string of the molecule is Cc1ccc(F)c(C(=O)NCC(C)(O)CC(=O)O)c1. The Bertz CT molecular complexity index is 499. The van der Waals surface area contributed by atoms with E-state index in [0.29, 0.717) is 0 Å². The molecule has 0 saturated heterocycles. The molecule has 0 aromatic heterocycles. The van der Waals surface area contributed by atoms with Crippen molar-refractivity contribution >= 4 is 11.9 Å². The van der Waals surface area contributed by atoms with Crippen LogP contribution >= 0.6 is 0 Å². The Labute approximate surface area is 110 Å². The molecule has 1 rings (SSSR count). The van der Waals surface area contributed by atoms with E-state index in [-0.39, 0.29) is 12.1 Å². The minimum Gasteiger partial charge on any atom is -0.481 e. The number of carboxylic acids is 1. The normalized spacial score (nSPS) is 13.7. The maximum Gasteiger partial charge on any atom is 0.306 e. The summed E-state index contributed by atoms with van der Waals surface area (Å²) < 4.78 is 13.4. The molecule has 0 aliphatic rings. The molecule has 1 unspecified atom stereocenters. The van der Waals surface area contributed by atoms with Crippen molar-refractivity contribution in [2.75, 3.05) is 6.54 Å². The Morgan fingerprint density at radius 1 is 1.42 bits per heavy atom. The lowest BCUT2D eigenvalue weighted by atomic mass is 10.0. The van der Waals surface area contributed by atoms with E-state index in [4.69, 9.17) is 5.11 Å². The molecule has 0 radical (unpaired) electrons. The van der Waals surface area contributed by atoms with Gasteiger partial charge in [0, 0.05) is 6.54 Å². The Kier molecular flexibility index (Phi) is 4.61. The third-order valence-corrected chi connectivity index (χ3v) is 2.53. The second kappa shape index (κ2) is 5.79. The van der Waals surface area contributed by atoms with Crippen LogP contribution in [0.2, 0.25) is 0 Å². The van der Waals surface area contributed by atoms with Crippen molar-refractivity contribution in [1.82, 2.24) is 5.32 Å². The number of hydrogen-bond donors (Lipinski definition) is 3. The second-order valence-electron chi connectivity index (χ2n) is 4.73. The largest absolute Gasteiger partial charge is 0.481 e. The standard InChI is InChI=1S/C13H16FNO4/c1-8-3-4-10(14)9(5-8)12(18)15-7-13(2,19)6-11(16)17/h3-5,19H,6-7H2,1-2H3,(H,15,18)(H,16,17). The molecule has 1 amide bonds. The van der Waals surface area contributed by atoms with E-state index < -0.39 is 29.7 Å². The number of carbonyl (C=O) groups excluding carboxylic acids is 1. The van der Waals surface area contributed by atoms with Crippen molar-refractivity contribution < 1.29 is 24.2 Å². The van der Waals surface area contributed by atoms with Crippen LogP contribution in [0.5, 0.6) is 0 Å². The molecule has 1 aromatic rings. The maximum absolute atomic E-state index is 13.4. The van der Waals surface area contributed by atoms with Gasteiger partial charge in [0.25, 0.3) is 5.91 Å². The molecular weight excluding hydrogens is 253 g/mol. The molecule has 19 heavy (non-hydrogen) atoms. The molecule has 6 heteroatoms. The van der Waals surface area contributed by atoms with Crippen LogP contribution in [-0.2, 0) is 4.79 Å². The third-order valence-electron chi connectivity index (χ3n) is 2.53. The summed E-state index contributed by atoms with van der Waals surface area (Å²) in [5.41, 5.74) is -0.989. The zero-order valence-electron chi connectivity index (χ0n) is 10.7.